The van der Waals surface area contributed by atoms with Gasteiger partial charge in [-0.15, -0.1) is 0 Å². The SMILES string of the molecule is CCCNCc1ccncc1-n1cc(I)cn1. The second-order valence-corrected chi connectivity index (χ2v) is 5.03. The Labute approximate surface area is 115 Å². The van der Waals surface area contributed by atoms with Crippen molar-refractivity contribution < 1.29 is 0 Å². The molecule has 0 amide bonds. The van der Waals surface area contributed by atoms with Gasteiger partial charge < -0.3 is 5.32 Å². The lowest BCUT2D eigenvalue weighted by molar-refractivity contribution is 0.669. The Morgan fingerprint density at radius 2 is 2.29 bits per heavy atom. The van der Waals surface area contributed by atoms with Gasteiger partial charge in [0.2, 0.25) is 0 Å². The summed E-state index contributed by atoms with van der Waals surface area (Å²) in [6.07, 6.45) is 8.66. The normalized spacial score (nSPS) is 10.7. The van der Waals surface area contributed by atoms with Crippen molar-refractivity contribution in [2.75, 3.05) is 6.54 Å². The first-order valence-electron chi connectivity index (χ1n) is 5.65. The summed E-state index contributed by atoms with van der Waals surface area (Å²) in [6.45, 7) is 4.04. The molecule has 5 heteroatoms. The molecule has 0 saturated heterocycles. The van der Waals surface area contributed by atoms with Gasteiger partial charge in [-0.2, -0.15) is 5.10 Å². The van der Waals surface area contributed by atoms with Gasteiger partial charge in [-0.25, -0.2) is 4.68 Å². The average molecular weight is 342 g/mol. The monoisotopic (exact) mass is 342 g/mol. The van der Waals surface area contributed by atoms with Gasteiger partial charge in [-0.1, -0.05) is 6.92 Å². The zero-order chi connectivity index (χ0) is 12.1. The van der Waals surface area contributed by atoms with Crippen molar-refractivity contribution in [3.8, 4) is 5.69 Å². The zero-order valence-corrected chi connectivity index (χ0v) is 11.9. The van der Waals surface area contributed by atoms with Crippen molar-refractivity contribution in [1.82, 2.24) is 20.1 Å². The van der Waals surface area contributed by atoms with Gasteiger partial charge in [0, 0.05) is 18.9 Å². The van der Waals surface area contributed by atoms with Crippen molar-refractivity contribution in [2.45, 2.75) is 19.9 Å². The van der Waals surface area contributed by atoms with E-state index in [0.29, 0.717) is 0 Å². The molecule has 0 saturated carbocycles. The van der Waals surface area contributed by atoms with Crippen molar-refractivity contribution in [1.29, 1.82) is 0 Å². The molecule has 0 aliphatic carbocycles. The molecule has 0 unspecified atom stereocenters. The number of aromatic nitrogens is 3. The molecule has 1 N–H and O–H groups in total. The largest absolute Gasteiger partial charge is 0.313 e. The summed E-state index contributed by atoms with van der Waals surface area (Å²) in [7, 11) is 0. The zero-order valence-electron chi connectivity index (χ0n) is 9.73. The molecule has 4 nitrogen and oxygen atoms in total. The Bertz CT molecular complexity index is 481. The van der Waals surface area contributed by atoms with Crippen LogP contribution in [-0.2, 0) is 6.54 Å². The van der Waals surface area contributed by atoms with E-state index >= 15 is 0 Å². The first kappa shape index (κ1) is 12.5. The second kappa shape index (κ2) is 6.11. The van der Waals surface area contributed by atoms with Crippen LogP contribution in [0.4, 0.5) is 0 Å². The average Bonchev–Trinajstić information content (AvgIpc) is 2.77. The Morgan fingerprint density at radius 1 is 1.41 bits per heavy atom. The maximum atomic E-state index is 4.32. The Hall–Kier alpha value is -0.950. The molecule has 0 atom stereocenters. The minimum Gasteiger partial charge on any atom is -0.313 e. The number of nitrogens with zero attached hydrogens (tertiary/aromatic N) is 3. The minimum absolute atomic E-state index is 0.849. The van der Waals surface area contributed by atoms with Crippen LogP contribution in [-0.4, -0.2) is 21.3 Å². The molecule has 0 aliphatic rings. The van der Waals surface area contributed by atoms with E-state index in [0.717, 1.165) is 28.8 Å². The van der Waals surface area contributed by atoms with E-state index < -0.39 is 0 Å². The molecular weight excluding hydrogens is 327 g/mol. The van der Waals surface area contributed by atoms with Gasteiger partial charge in [0.25, 0.3) is 0 Å². The van der Waals surface area contributed by atoms with Crippen LogP contribution in [0.3, 0.4) is 0 Å². The number of halogens is 1. The summed E-state index contributed by atoms with van der Waals surface area (Å²) < 4.78 is 3.00. The number of rotatable bonds is 5. The lowest BCUT2D eigenvalue weighted by Gasteiger charge is -2.09. The smallest absolute Gasteiger partial charge is 0.0874 e. The molecule has 0 aliphatic heterocycles. The van der Waals surface area contributed by atoms with Crippen molar-refractivity contribution >= 4 is 22.6 Å². The molecule has 2 rings (SSSR count). The summed E-state index contributed by atoms with van der Waals surface area (Å²) in [5.41, 5.74) is 2.26. The highest BCUT2D eigenvalue weighted by Crippen LogP contribution is 2.13. The van der Waals surface area contributed by atoms with E-state index in [1.807, 2.05) is 35.5 Å². The van der Waals surface area contributed by atoms with E-state index in [2.05, 4.69) is 44.9 Å². The van der Waals surface area contributed by atoms with Gasteiger partial charge in [0.05, 0.1) is 21.7 Å². The predicted octanol–water partition coefficient (Wildman–Crippen LogP) is 2.37. The molecule has 0 spiro atoms. The Kier molecular flexibility index (Phi) is 4.49. The minimum atomic E-state index is 0.849. The van der Waals surface area contributed by atoms with Crippen molar-refractivity contribution in [3.05, 3.63) is 40.0 Å². The van der Waals surface area contributed by atoms with E-state index in [9.17, 15) is 0 Å². The third-order valence-corrected chi connectivity index (χ3v) is 2.98. The molecular formula is C12H15IN4. The van der Waals surface area contributed by atoms with E-state index in [4.69, 9.17) is 0 Å². The first-order valence-corrected chi connectivity index (χ1v) is 6.73. The topological polar surface area (TPSA) is 42.7 Å². The van der Waals surface area contributed by atoms with Crippen LogP contribution in [0.25, 0.3) is 5.69 Å². The second-order valence-electron chi connectivity index (χ2n) is 3.78. The maximum Gasteiger partial charge on any atom is 0.0874 e. The van der Waals surface area contributed by atoms with Crippen LogP contribution in [0.1, 0.15) is 18.9 Å². The molecule has 17 heavy (non-hydrogen) atoms. The summed E-state index contributed by atoms with van der Waals surface area (Å²) in [4.78, 5) is 4.17. The summed E-state index contributed by atoms with van der Waals surface area (Å²) >= 11 is 2.25. The maximum absolute atomic E-state index is 4.32. The van der Waals surface area contributed by atoms with Gasteiger partial charge in [-0.3, -0.25) is 4.98 Å². The molecule has 0 fully saturated rings. The highest BCUT2D eigenvalue weighted by atomic mass is 127. The van der Waals surface area contributed by atoms with Crippen molar-refractivity contribution in [2.24, 2.45) is 0 Å². The first-order chi connectivity index (χ1) is 8.31. The highest BCUT2D eigenvalue weighted by Gasteiger charge is 2.05. The van der Waals surface area contributed by atoms with Crippen molar-refractivity contribution in [3.63, 3.8) is 0 Å². The van der Waals surface area contributed by atoms with Crippen LogP contribution in [0.5, 0.6) is 0 Å². The van der Waals surface area contributed by atoms with E-state index in [1.165, 1.54) is 5.56 Å². The molecule has 90 valence electrons. The fourth-order valence-corrected chi connectivity index (χ4v) is 1.99. The third kappa shape index (κ3) is 3.26. The van der Waals surface area contributed by atoms with Crippen LogP contribution < -0.4 is 5.32 Å². The summed E-state index contributed by atoms with van der Waals surface area (Å²) in [6, 6.07) is 2.03. The van der Waals surface area contributed by atoms with Gasteiger partial charge in [0.15, 0.2) is 0 Å². The van der Waals surface area contributed by atoms with Gasteiger partial charge >= 0.3 is 0 Å². The third-order valence-electron chi connectivity index (χ3n) is 2.43. The molecule has 0 bridgehead atoms. The Balaban J connectivity index is 2.21. The molecule has 2 aromatic heterocycles. The number of hydrogen-bond acceptors (Lipinski definition) is 3. The lowest BCUT2D eigenvalue weighted by Crippen LogP contribution is -2.15. The van der Waals surface area contributed by atoms with Crippen LogP contribution in [0, 0.1) is 3.57 Å². The quantitative estimate of drug-likeness (QED) is 0.670. The molecule has 2 aromatic rings. The standard InChI is InChI=1S/C12H15IN4/c1-2-4-14-6-10-3-5-15-8-12(10)17-9-11(13)7-16-17/h3,5,7-9,14H,2,4,6H2,1H3. The van der Waals surface area contributed by atoms with Gasteiger partial charge in [-0.05, 0) is 47.2 Å². The molecule has 2 heterocycles. The number of hydrogen-bond donors (Lipinski definition) is 1. The van der Waals surface area contributed by atoms with E-state index in [-0.39, 0.29) is 0 Å². The number of pyridine rings is 1. The summed E-state index contributed by atoms with van der Waals surface area (Å²) in [5, 5.41) is 7.71. The molecule has 0 aromatic carbocycles. The lowest BCUT2D eigenvalue weighted by atomic mass is 10.2. The highest BCUT2D eigenvalue weighted by molar-refractivity contribution is 14.1. The van der Waals surface area contributed by atoms with Crippen LogP contribution in [0.2, 0.25) is 0 Å². The van der Waals surface area contributed by atoms with E-state index in [1.54, 1.807) is 0 Å². The Morgan fingerprint density at radius 3 is 3.00 bits per heavy atom. The van der Waals surface area contributed by atoms with Crippen LogP contribution in [0.15, 0.2) is 30.9 Å². The number of nitrogens with one attached hydrogen (secondary N) is 1. The summed E-state index contributed by atoms with van der Waals surface area (Å²) in [5.74, 6) is 0. The fourth-order valence-electron chi connectivity index (χ4n) is 1.60. The molecule has 0 radical (unpaired) electrons. The van der Waals surface area contributed by atoms with Crippen LogP contribution >= 0.6 is 22.6 Å². The van der Waals surface area contributed by atoms with Gasteiger partial charge in [0.1, 0.15) is 0 Å². The predicted molar refractivity (Wildman–Crippen MR) is 76.1 cm³/mol. The fraction of sp³-hybridized carbons (Fsp3) is 0.333.